The van der Waals surface area contributed by atoms with Crippen molar-refractivity contribution < 1.29 is 0 Å². The Morgan fingerprint density at radius 1 is 1.28 bits per heavy atom. The highest BCUT2D eigenvalue weighted by Gasteiger charge is 2.04. The van der Waals surface area contributed by atoms with Crippen LogP contribution in [0.1, 0.15) is 20.9 Å². The SMILES string of the molecule is Cc1cc(/C=C(\C#N)c2ccc(Cl)cc2)c(C)s1. The Labute approximate surface area is 116 Å². The second-order valence-corrected chi connectivity index (χ2v) is 5.94. The number of thiophene rings is 1. The number of nitriles is 1. The molecule has 0 aliphatic carbocycles. The molecule has 0 amide bonds. The van der Waals surface area contributed by atoms with E-state index in [1.807, 2.05) is 18.2 Å². The molecule has 0 radical (unpaired) electrons. The maximum Gasteiger partial charge on any atom is 0.0998 e. The van der Waals surface area contributed by atoms with Crippen LogP contribution in [0.4, 0.5) is 0 Å². The topological polar surface area (TPSA) is 23.8 Å². The van der Waals surface area contributed by atoms with Gasteiger partial charge in [0.1, 0.15) is 0 Å². The Kier molecular flexibility index (Phi) is 3.86. The first-order valence-corrected chi connectivity index (χ1v) is 6.74. The molecule has 2 rings (SSSR count). The Morgan fingerprint density at radius 3 is 2.44 bits per heavy atom. The summed E-state index contributed by atoms with van der Waals surface area (Å²) in [7, 11) is 0. The van der Waals surface area contributed by atoms with Crippen LogP contribution in [0, 0.1) is 25.2 Å². The van der Waals surface area contributed by atoms with Crippen LogP contribution >= 0.6 is 22.9 Å². The third kappa shape index (κ3) is 2.81. The van der Waals surface area contributed by atoms with E-state index < -0.39 is 0 Å². The largest absolute Gasteiger partial charge is 0.192 e. The summed E-state index contributed by atoms with van der Waals surface area (Å²) in [4.78, 5) is 2.49. The van der Waals surface area contributed by atoms with Crippen LogP contribution < -0.4 is 0 Å². The average molecular weight is 274 g/mol. The highest BCUT2D eigenvalue weighted by molar-refractivity contribution is 7.12. The lowest BCUT2D eigenvalue weighted by Crippen LogP contribution is -1.81. The van der Waals surface area contributed by atoms with Crippen molar-refractivity contribution in [2.45, 2.75) is 13.8 Å². The molecule has 3 heteroatoms. The van der Waals surface area contributed by atoms with Gasteiger partial charge in [0, 0.05) is 14.8 Å². The van der Waals surface area contributed by atoms with Crippen LogP contribution in [0.25, 0.3) is 11.6 Å². The molecule has 1 aromatic heterocycles. The molecule has 0 saturated heterocycles. The molecule has 1 heterocycles. The molecular weight excluding hydrogens is 262 g/mol. The summed E-state index contributed by atoms with van der Waals surface area (Å²) < 4.78 is 0. The van der Waals surface area contributed by atoms with E-state index in [1.54, 1.807) is 23.5 Å². The van der Waals surface area contributed by atoms with Crippen LogP contribution in [-0.2, 0) is 0 Å². The fraction of sp³-hybridized carbons (Fsp3) is 0.133. The minimum atomic E-state index is 0.660. The summed E-state index contributed by atoms with van der Waals surface area (Å²) in [5.74, 6) is 0. The highest BCUT2D eigenvalue weighted by Crippen LogP contribution is 2.26. The van der Waals surface area contributed by atoms with Gasteiger partial charge in [0.15, 0.2) is 0 Å². The Hall–Kier alpha value is -1.56. The number of allylic oxidation sites excluding steroid dienone is 1. The molecule has 0 spiro atoms. The first-order valence-electron chi connectivity index (χ1n) is 5.55. The fourth-order valence-corrected chi connectivity index (χ4v) is 2.79. The Morgan fingerprint density at radius 2 is 1.94 bits per heavy atom. The first-order chi connectivity index (χ1) is 8.60. The van der Waals surface area contributed by atoms with Gasteiger partial charge in [-0.15, -0.1) is 11.3 Å². The van der Waals surface area contributed by atoms with E-state index in [0.717, 1.165) is 11.1 Å². The minimum absolute atomic E-state index is 0.660. The third-order valence-corrected chi connectivity index (χ3v) is 3.89. The van der Waals surface area contributed by atoms with Gasteiger partial charge in [0.25, 0.3) is 0 Å². The molecule has 0 aliphatic rings. The van der Waals surface area contributed by atoms with Gasteiger partial charge in [0.2, 0.25) is 0 Å². The van der Waals surface area contributed by atoms with E-state index in [1.165, 1.54) is 9.75 Å². The van der Waals surface area contributed by atoms with Crippen LogP contribution in [0.5, 0.6) is 0 Å². The van der Waals surface area contributed by atoms with Crippen molar-refractivity contribution in [2.24, 2.45) is 0 Å². The van der Waals surface area contributed by atoms with Gasteiger partial charge in [-0.05, 0) is 49.2 Å². The summed E-state index contributed by atoms with van der Waals surface area (Å²) >= 11 is 7.59. The van der Waals surface area contributed by atoms with Gasteiger partial charge in [-0.1, -0.05) is 23.7 Å². The summed E-state index contributed by atoms with van der Waals surface area (Å²) in [6, 6.07) is 11.7. The average Bonchev–Trinajstić information content (AvgIpc) is 2.66. The molecule has 0 fully saturated rings. The minimum Gasteiger partial charge on any atom is -0.192 e. The van der Waals surface area contributed by atoms with Gasteiger partial charge < -0.3 is 0 Å². The normalized spacial score (nSPS) is 11.3. The summed E-state index contributed by atoms with van der Waals surface area (Å²) in [6.07, 6.45) is 1.93. The molecular formula is C15H12ClNS. The molecule has 0 saturated carbocycles. The Balaban J connectivity index is 2.43. The third-order valence-electron chi connectivity index (χ3n) is 2.65. The molecule has 90 valence electrons. The number of hydrogen-bond donors (Lipinski definition) is 0. The molecule has 1 aromatic carbocycles. The van der Waals surface area contributed by atoms with Crippen molar-refractivity contribution in [3.63, 3.8) is 0 Å². The fourth-order valence-electron chi connectivity index (χ4n) is 1.76. The summed E-state index contributed by atoms with van der Waals surface area (Å²) in [6.45, 7) is 4.14. The lowest BCUT2D eigenvalue weighted by Gasteiger charge is -1.99. The number of hydrogen-bond acceptors (Lipinski definition) is 2. The van der Waals surface area contributed by atoms with E-state index in [2.05, 4.69) is 26.0 Å². The second-order valence-electron chi connectivity index (χ2n) is 4.05. The lowest BCUT2D eigenvalue weighted by atomic mass is 10.0. The smallest absolute Gasteiger partial charge is 0.0998 e. The number of aryl methyl sites for hydroxylation is 2. The van der Waals surface area contributed by atoms with Crippen LogP contribution in [0.2, 0.25) is 5.02 Å². The molecule has 0 atom stereocenters. The lowest BCUT2D eigenvalue weighted by molar-refractivity contribution is 1.52. The second kappa shape index (κ2) is 5.39. The van der Waals surface area contributed by atoms with Crippen molar-refractivity contribution in [1.82, 2.24) is 0 Å². The number of halogens is 1. The van der Waals surface area contributed by atoms with Crippen LogP contribution in [0.15, 0.2) is 30.3 Å². The Bertz CT molecular complexity index is 630. The molecule has 2 aromatic rings. The number of benzene rings is 1. The molecule has 18 heavy (non-hydrogen) atoms. The van der Waals surface area contributed by atoms with Gasteiger partial charge in [-0.2, -0.15) is 5.26 Å². The van der Waals surface area contributed by atoms with Gasteiger partial charge >= 0.3 is 0 Å². The van der Waals surface area contributed by atoms with E-state index in [9.17, 15) is 5.26 Å². The molecule has 0 bridgehead atoms. The quantitative estimate of drug-likeness (QED) is 0.700. The maximum atomic E-state index is 9.26. The van der Waals surface area contributed by atoms with Crippen molar-refractivity contribution in [3.05, 3.63) is 56.2 Å². The van der Waals surface area contributed by atoms with Crippen molar-refractivity contribution in [3.8, 4) is 6.07 Å². The van der Waals surface area contributed by atoms with Crippen molar-refractivity contribution in [2.75, 3.05) is 0 Å². The monoisotopic (exact) mass is 273 g/mol. The van der Waals surface area contributed by atoms with Crippen molar-refractivity contribution in [1.29, 1.82) is 5.26 Å². The predicted octanol–water partition coefficient (Wildman–Crippen LogP) is 5.08. The van der Waals surface area contributed by atoms with Gasteiger partial charge in [-0.25, -0.2) is 0 Å². The van der Waals surface area contributed by atoms with E-state index in [-0.39, 0.29) is 0 Å². The zero-order valence-corrected chi connectivity index (χ0v) is 11.8. The summed E-state index contributed by atoms with van der Waals surface area (Å²) in [5.41, 5.74) is 2.67. The predicted molar refractivity (Wildman–Crippen MR) is 78.7 cm³/mol. The maximum absolute atomic E-state index is 9.26. The van der Waals surface area contributed by atoms with Gasteiger partial charge in [-0.3, -0.25) is 0 Å². The molecule has 0 aliphatic heterocycles. The standard InChI is InChI=1S/C15H12ClNS/c1-10-7-13(11(2)18-10)8-14(9-17)12-3-5-15(16)6-4-12/h3-8H,1-2H3/b14-8+. The van der Waals surface area contributed by atoms with Crippen LogP contribution in [-0.4, -0.2) is 0 Å². The highest BCUT2D eigenvalue weighted by atomic mass is 35.5. The van der Waals surface area contributed by atoms with Crippen molar-refractivity contribution >= 4 is 34.6 Å². The zero-order chi connectivity index (χ0) is 13.1. The number of rotatable bonds is 2. The molecule has 1 nitrogen and oxygen atoms in total. The van der Waals surface area contributed by atoms with Gasteiger partial charge in [0.05, 0.1) is 11.6 Å². The van der Waals surface area contributed by atoms with Crippen LogP contribution in [0.3, 0.4) is 0 Å². The molecule has 0 N–H and O–H groups in total. The number of nitrogens with zero attached hydrogens (tertiary/aromatic N) is 1. The zero-order valence-electron chi connectivity index (χ0n) is 10.2. The molecule has 0 unspecified atom stereocenters. The van der Waals surface area contributed by atoms with E-state index >= 15 is 0 Å². The first kappa shape index (κ1) is 12.9. The van der Waals surface area contributed by atoms with E-state index in [4.69, 9.17) is 11.6 Å². The van der Waals surface area contributed by atoms with E-state index in [0.29, 0.717) is 10.6 Å². The summed E-state index contributed by atoms with van der Waals surface area (Å²) in [5, 5.41) is 9.94.